The van der Waals surface area contributed by atoms with Crippen LogP contribution in [0.2, 0.25) is 0 Å². The molecule has 2 heterocycles. The minimum Gasteiger partial charge on any atom is -0.507 e. The highest BCUT2D eigenvalue weighted by atomic mass is 19.1. The maximum Gasteiger partial charge on any atom is 0.125 e. The van der Waals surface area contributed by atoms with Gasteiger partial charge in [0.25, 0.3) is 0 Å². The van der Waals surface area contributed by atoms with Crippen molar-refractivity contribution in [1.29, 1.82) is 0 Å². The second-order valence-electron chi connectivity index (χ2n) is 8.93. The molecule has 0 atom stereocenters. The zero-order valence-electron chi connectivity index (χ0n) is 16.5. The van der Waals surface area contributed by atoms with Crippen molar-refractivity contribution in [2.75, 3.05) is 6.61 Å². The van der Waals surface area contributed by atoms with Crippen LogP contribution in [0.25, 0.3) is 16.6 Å². The molecule has 3 aromatic rings. The van der Waals surface area contributed by atoms with Gasteiger partial charge in [-0.3, -0.25) is 0 Å². The van der Waals surface area contributed by atoms with Crippen LogP contribution in [0.15, 0.2) is 42.5 Å². The van der Waals surface area contributed by atoms with E-state index in [2.05, 4.69) is 18.4 Å². The SMILES string of the molecule is CC1(C)COC2(CCCCC2)c2c1n(-c1ccc(F)cc1)c1cccc(O)c21. The van der Waals surface area contributed by atoms with Crippen LogP contribution in [0.1, 0.15) is 57.2 Å². The Balaban J connectivity index is 1.92. The van der Waals surface area contributed by atoms with Gasteiger partial charge in [0.2, 0.25) is 0 Å². The largest absolute Gasteiger partial charge is 0.507 e. The molecule has 146 valence electrons. The van der Waals surface area contributed by atoms with Gasteiger partial charge in [-0.1, -0.05) is 39.2 Å². The molecular weight excluding hydrogens is 353 g/mol. The smallest absolute Gasteiger partial charge is 0.125 e. The quantitative estimate of drug-likeness (QED) is 0.567. The minimum absolute atomic E-state index is 0.224. The Labute approximate surface area is 164 Å². The van der Waals surface area contributed by atoms with Crippen LogP contribution in [0, 0.1) is 5.82 Å². The van der Waals surface area contributed by atoms with Gasteiger partial charge in [-0.15, -0.1) is 0 Å². The van der Waals surface area contributed by atoms with Crippen molar-refractivity contribution in [3.8, 4) is 11.4 Å². The lowest BCUT2D eigenvalue weighted by Crippen LogP contribution is -2.44. The average Bonchev–Trinajstić information content (AvgIpc) is 3.06. The molecule has 5 rings (SSSR count). The summed E-state index contributed by atoms with van der Waals surface area (Å²) in [6.45, 7) is 5.02. The van der Waals surface area contributed by atoms with E-state index in [1.807, 2.05) is 24.3 Å². The zero-order valence-corrected chi connectivity index (χ0v) is 16.5. The van der Waals surface area contributed by atoms with Crippen LogP contribution < -0.4 is 0 Å². The molecule has 0 unspecified atom stereocenters. The Morgan fingerprint density at radius 3 is 2.43 bits per heavy atom. The van der Waals surface area contributed by atoms with Gasteiger partial charge in [0, 0.05) is 27.7 Å². The minimum atomic E-state index is -0.342. The summed E-state index contributed by atoms with van der Waals surface area (Å²) in [4.78, 5) is 0. The lowest BCUT2D eigenvalue weighted by Gasteiger charge is -2.46. The molecule has 0 bridgehead atoms. The predicted octanol–water partition coefficient (Wildman–Crippen LogP) is 5.94. The maximum atomic E-state index is 13.6. The van der Waals surface area contributed by atoms with Crippen molar-refractivity contribution in [1.82, 2.24) is 4.57 Å². The number of aromatic hydroxyl groups is 1. The van der Waals surface area contributed by atoms with E-state index >= 15 is 0 Å². The number of benzene rings is 2. The Hall–Kier alpha value is -2.33. The molecule has 28 heavy (non-hydrogen) atoms. The second-order valence-corrected chi connectivity index (χ2v) is 8.93. The summed E-state index contributed by atoms with van der Waals surface area (Å²) in [5.74, 6) is 0.0455. The van der Waals surface area contributed by atoms with Gasteiger partial charge < -0.3 is 14.4 Å². The third-order valence-electron chi connectivity index (χ3n) is 6.52. The summed E-state index contributed by atoms with van der Waals surface area (Å²) in [6, 6.07) is 12.3. The van der Waals surface area contributed by atoms with Gasteiger partial charge in [-0.05, 0) is 49.2 Å². The van der Waals surface area contributed by atoms with E-state index in [1.165, 1.54) is 24.2 Å². The van der Waals surface area contributed by atoms with Crippen LogP contribution in [0.4, 0.5) is 4.39 Å². The monoisotopic (exact) mass is 379 g/mol. The fraction of sp³-hybridized carbons (Fsp3) is 0.417. The third-order valence-corrected chi connectivity index (χ3v) is 6.52. The number of aromatic nitrogens is 1. The Morgan fingerprint density at radius 2 is 1.71 bits per heavy atom. The summed E-state index contributed by atoms with van der Waals surface area (Å²) in [5.41, 5.74) is 3.63. The number of rotatable bonds is 1. The number of nitrogens with zero attached hydrogens (tertiary/aromatic N) is 1. The molecule has 1 spiro atoms. The van der Waals surface area contributed by atoms with E-state index in [0.717, 1.165) is 47.8 Å². The first-order valence-electron chi connectivity index (χ1n) is 10.2. The average molecular weight is 379 g/mol. The summed E-state index contributed by atoms with van der Waals surface area (Å²) >= 11 is 0. The van der Waals surface area contributed by atoms with Gasteiger partial charge in [0.15, 0.2) is 0 Å². The van der Waals surface area contributed by atoms with Crippen molar-refractivity contribution in [2.45, 2.75) is 57.0 Å². The highest BCUT2D eigenvalue weighted by Crippen LogP contribution is 2.54. The molecule has 1 aliphatic heterocycles. The standard InChI is InChI=1S/C24H26FNO2/c1-23(2)15-28-24(13-4-3-5-14-24)21-20-18(7-6-8-19(20)27)26(22(21)23)17-11-9-16(25)10-12-17/h6-12,27H,3-5,13-15H2,1-2H3. The van der Waals surface area contributed by atoms with E-state index in [1.54, 1.807) is 6.07 Å². The second kappa shape index (κ2) is 6.08. The number of halogens is 1. The molecule has 1 N–H and O–H groups in total. The van der Waals surface area contributed by atoms with Gasteiger partial charge in [0.1, 0.15) is 11.6 Å². The lowest BCUT2D eigenvalue weighted by atomic mass is 9.72. The number of hydrogen-bond donors (Lipinski definition) is 1. The van der Waals surface area contributed by atoms with Crippen LogP contribution >= 0.6 is 0 Å². The van der Waals surface area contributed by atoms with Crippen molar-refractivity contribution < 1.29 is 14.2 Å². The Bertz CT molecular complexity index is 1040. The van der Waals surface area contributed by atoms with E-state index in [4.69, 9.17) is 4.74 Å². The number of hydrogen-bond acceptors (Lipinski definition) is 2. The topological polar surface area (TPSA) is 34.4 Å². The molecule has 2 aromatic carbocycles. The van der Waals surface area contributed by atoms with Crippen LogP contribution in [-0.4, -0.2) is 16.3 Å². The number of phenolic OH excluding ortho intramolecular Hbond substituents is 1. The van der Waals surface area contributed by atoms with Crippen molar-refractivity contribution in [2.24, 2.45) is 0 Å². The Morgan fingerprint density at radius 1 is 1.00 bits per heavy atom. The molecule has 2 aliphatic rings. The van der Waals surface area contributed by atoms with Crippen molar-refractivity contribution >= 4 is 10.9 Å². The van der Waals surface area contributed by atoms with E-state index < -0.39 is 0 Å². The first-order valence-corrected chi connectivity index (χ1v) is 10.2. The molecule has 1 fully saturated rings. The van der Waals surface area contributed by atoms with Crippen molar-refractivity contribution in [3.63, 3.8) is 0 Å². The van der Waals surface area contributed by atoms with Crippen LogP contribution in [0.3, 0.4) is 0 Å². The molecule has 3 nitrogen and oxygen atoms in total. The van der Waals surface area contributed by atoms with Crippen molar-refractivity contribution in [3.05, 3.63) is 59.5 Å². The summed E-state index contributed by atoms with van der Waals surface area (Å²) in [6.07, 6.45) is 5.46. The maximum absolute atomic E-state index is 13.6. The fourth-order valence-corrected chi connectivity index (χ4v) is 5.24. The number of ether oxygens (including phenoxy) is 1. The fourth-order valence-electron chi connectivity index (χ4n) is 5.24. The van der Waals surface area contributed by atoms with E-state index in [0.29, 0.717) is 12.4 Å². The van der Waals surface area contributed by atoms with Gasteiger partial charge in [0.05, 0.1) is 17.7 Å². The molecular formula is C24H26FNO2. The predicted molar refractivity (Wildman–Crippen MR) is 109 cm³/mol. The normalized spacial score (nSPS) is 20.4. The summed E-state index contributed by atoms with van der Waals surface area (Å²) in [5, 5.41) is 11.8. The first kappa shape index (κ1) is 17.7. The number of fused-ring (bicyclic) bond motifs is 4. The zero-order chi connectivity index (χ0) is 19.5. The third kappa shape index (κ3) is 2.44. The molecule has 1 saturated carbocycles. The first-order chi connectivity index (χ1) is 13.4. The van der Waals surface area contributed by atoms with E-state index in [9.17, 15) is 9.50 Å². The molecule has 0 saturated heterocycles. The molecule has 1 aromatic heterocycles. The van der Waals surface area contributed by atoms with Gasteiger partial charge >= 0.3 is 0 Å². The number of phenols is 1. The molecule has 0 amide bonds. The Kier molecular flexibility index (Phi) is 3.86. The summed E-state index contributed by atoms with van der Waals surface area (Å²) in [7, 11) is 0. The molecule has 4 heteroatoms. The van der Waals surface area contributed by atoms with Crippen LogP contribution in [0.5, 0.6) is 5.75 Å². The van der Waals surface area contributed by atoms with Gasteiger partial charge in [-0.25, -0.2) is 4.39 Å². The van der Waals surface area contributed by atoms with Gasteiger partial charge in [-0.2, -0.15) is 0 Å². The van der Waals surface area contributed by atoms with Crippen LogP contribution in [-0.2, 0) is 15.8 Å². The molecule has 0 radical (unpaired) electrons. The highest BCUT2D eigenvalue weighted by Gasteiger charge is 2.48. The lowest BCUT2D eigenvalue weighted by molar-refractivity contribution is -0.105. The summed E-state index contributed by atoms with van der Waals surface area (Å²) < 4.78 is 22.4. The molecule has 1 aliphatic carbocycles. The van der Waals surface area contributed by atoms with E-state index in [-0.39, 0.29) is 16.8 Å². The highest BCUT2D eigenvalue weighted by molar-refractivity contribution is 5.94.